The third-order valence-electron chi connectivity index (χ3n) is 2.74. The first-order valence-corrected chi connectivity index (χ1v) is 6.52. The van der Waals surface area contributed by atoms with E-state index in [1.165, 1.54) is 0 Å². The molecule has 0 unspecified atom stereocenters. The standard InChI is InChI=1S/C11H14ClNOS/c12-9-4-3-7-13-10(9)15-8-11(14)5-1-2-6-11/h3-4,7,14H,1-2,5-6,8H2. The average molecular weight is 244 g/mol. The fourth-order valence-electron chi connectivity index (χ4n) is 1.86. The Kier molecular flexibility index (Phi) is 3.54. The van der Waals surface area contributed by atoms with Gasteiger partial charge in [-0.3, -0.25) is 0 Å². The number of thioether (sulfide) groups is 1. The number of nitrogens with zero attached hydrogens (tertiary/aromatic N) is 1. The van der Waals surface area contributed by atoms with Crippen LogP contribution in [0.1, 0.15) is 25.7 Å². The van der Waals surface area contributed by atoms with Crippen LogP contribution in [0.2, 0.25) is 5.02 Å². The molecule has 0 saturated heterocycles. The number of rotatable bonds is 3. The summed E-state index contributed by atoms with van der Waals surface area (Å²) in [5, 5.41) is 11.6. The van der Waals surface area contributed by atoms with Crippen LogP contribution in [0.4, 0.5) is 0 Å². The van der Waals surface area contributed by atoms with Crippen LogP contribution in [0.5, 0.6) is 0 Å². The zero-order valence-corrected chi connectivity index (χ0v) is 10.0. The number of aromatic nitrogens is 1. The second-order valence-electron chi connectivity index (χ2n) is 4.01. The second-order valence-corrected chi connectivity index (χ2v) is 5.38. The summed E-state index contributed by atoms with van der Waals surface area (Å²) in [6.07, 6.45) is 5.81. The minimum atomic E-state index is -0.495. The number of aliphatic hydroxyl groups is 1. The number of pyridine rings is 1. The lowest BCUT2D eigenvalue weighted by Crippen LogP contribution is -2.27. The van der Waals surface area contributed by atoms with Crippen molar-refractivity contribution in [2.75, 3.05) is 5.75 Å². The molecule has 1 aromatic rings. The Morgan fingerprint density at radius 1 is 1.47 bits per heavy atom. The lowest BCUT2D eigenvalue weighted by molar-refractivity contribution is 0.0732. The van der Waals surface area contributed by atoms with Crippen molar-refractivity contribution < 1.29 is 5.11 Å². The van der Waals surface area contributed by atoms with E-state index in [2.05, 4.69) is 4.98 Å². The van der Waals surface area contributed by atoms with Gasteiger partial charge in [-0.15, -0.1) is 11.8 Å². The Balaban J connectivity index is 1.95. The SMILES string of the molecule is OC1(CSc2ncccc2Cl)CCCC1. The van der Waals surface area contributed by atoms with Gasteiger partial charge in [0, 0.05) is 11.9 Å². The highest BCUT2D eigenvalue weighted by Crippen LogP contribution is 2.35. The van der Waals surface area contributed by atoms with Gasteiger partial charge in [-0.05, 0) is 25.0 Å². The van der Waals surface area contributed by atoms with E-state index in [1.54, 1.807) is 18.0 Å². The topological polar surface area (TPSA) is 33.1 Å². The van der Waals surface area contributed by atoms with E-state index in [0.717, 1.165) is 30.7 Å². The number of hydrogen-bond acceptors (Lipinski definition) is 3. The van der Waals surface area contributed by atoms with Crippen molar-refractivity contribution in [2.45, 2.75) is 36.3 Å². The lowest BCUT2D eigenvalue weighted by atomic mass is 10.1. The molecule has 1 aromatic heterocycles. The largest absolute Gasteiger partial charge is 0.389 e. The lowest BCUT2D eigenvalue weighted by Gasteiger charge is -2.21. The van der Waals surface area contributed by atoms with Gasteiger partial charge in [-0.1, -0.05) is 24.4 Å². The molecule has 0 bridgehead atoms. The van der Waals surface area contributed by atoms with Crippen molar-refractivity contribution in [3.8, 4) is 0 Å². The molecule has 1 N–H and O–H groups in total. The van der Waals surface area contributed by atoms with Gasteiger partial charge in [0.15, 0.2) is 0 Å². The minimum Gasteiger partial charge on any atom is -0.389 e. The molecule has 0 amide bonds. The first kappa shape index (κ1) is 11.2. The van der Waals surface area contributed by atoms with E-state index in [4.69, 9.17) is 11.6 Å². The van der Waals surface area contributed by atoms with E-state index < -0.39 is 5.60 Å². The van der Waals surface area contributed by atoms with Crippen LogP contribution in [-0.2, 0) is 0 Å². The molecule has 82 valence electrons. The van der Waals surface area contributed by atoms with Gasteiger partial charge in [0.25, 0.3) is 0 Å². The van der Waals surface area contributed by atoms with E-state index >= 15 is 0 Å². The Morgan fingerprint density at radius 3 is 2.87 bits per heavy atom. The van der Waals surface area contributed by atoms with Crippen molar-refractivity contribution >= 4 is 23.4 Å². The Morgan fingerprint density at radius 2 is 2.20 bits per heavy atom. The summed E-state index contributed by atoms with van der Waals surface area (Å²) < 4.78 is 0. The molecular formula is C11H14ClNOS. The molecule has 1 aliphatic rings. The predicted octanol–water partition coefficient (Wildman–Crippen LogP) is 3.13. The summed E-state index contributed by atoms with van der Waals surface area (Å²) in [4.78, 5) is 4.19. The molecule has 1 aliphatic carbocycles. The molecule has 0 aromatic carbocycles. The van der Waals surface area contributed by atoms with Gasteiger partial charge in [0.2, 0.25) is 0 Å². The normalized spacial score (nSPS) is 19.3. The molecule has 0 atom stereocenters. The molecule has 4 heteroatoms. The van der Waals surface area contributed by atoms with Crippen LogP contribution in [0.25, 0.3) is 0 Å². The van der Waals surface area contributed by atoms with Crippen LogP contribution in [0.15, 0.2) is 23.4 Å². The fraction of sp³-hybridized carbons (Fsp3) is 0.545. The van der Waals surface area contributed by atoms with Crippen LogP contribution >= 0.6 is 23.4 Å². The summed E-state index contributed by atoms with van der Waals surface area (Å²) >= 11 is 7.54. The molecule has 15 heavy (non-hydrogen) atoms. The maximum Gasteiger partial charge on any atom is 0.115 e. The highest BCUT2D eigenvalue weighted by molar-refractivity contribution is 7.99. The maximum atomic E-state index is 10.2. The molecule has 1 fully saturated rings. The van der Waals surface area contributed by atoms with Crippen LogP contribution in [0.3, 0.4) is 0 Å². The molecule has 0 radical (unpaired) electrons. The van der Waals surface area contributed by atoms with Gasteiger partial charge in [0.05, 0.1) is 10.6 Å². The second kappa shape index (κ2) is 4.73. The Hall–Kier alpha value is -0.250. The smallest absolute Gasteiger partial charge is 0.115 e. The van der Waals surface area contributed by atoms with E-state index in [0.29, 0.717) is 10.8 Å². The quantitative estimate of drug-likeness (QED) is 0.828. The van der Waals surface area contributed by atoms with Crippen LogP contribution < -0.4 is 0 Å². The molecule has 1 saturated carbocycles. The zero-order valence-electron chi connectivity index (χ0n) is 8.45. The Bertz CT molecular complexity index is 339. The van der Waals surface area contributed by atoms with Gasteiger partial charge < -0.3 is 5.11 Å². The zero-order chi connectivity index (χ0) is 10.7. The third kappa shape index (κ3) is 2.86. The number of hydrogen-bond donors (Lipinski definition) is 1. The summed E-state index contributed by atoms with van der Waals surface area (Å²) in [7, 11) is 0. The first-order valence-electron chi connectivity index (χ1n) is 5.15. The molecule has 2 nitrogen and oxygen atoms in total. The fourth-order valence-corrected chi connectivity index (χ4v) is 3.18. The van der Waals surface area contributed by atoms with Crippen molar-refractivity contribution in [3.63, 3.8) is 0 Å². The minimum absolute atomic E-state index is 0.495. The van der Waals surface area contributed by atoms with Gasteiger partial charge in [-0.25, -0.2) is 4.98 Å². The highest BCUT2D eigenvalue weighted by atomic mass is 35.5. The molecular weight excluding hydrogens is 230 g/mol. The third-order valence-corrected chi connectivity index (χ3v) is 4.43. The van der Waals surface area contributed by atoms with Gasteiger partial charge in [0.1, 0.15) is 5.03 Å². The molecule has 1 heterocycles. The summed E-state index contributed by atoms with van der Waals surface area (Å²) in [6, 6.07) is 3.65. The monoisotopic (exact) mass is 243 g/mol. The van der Waals surface area contributed by atoms with Gasteiger partial charge in [-0.2, -0.15) is 0 Å². The number of halogens is 1. The summed E-state index contributed by atoms with van der Waals surface area (Å²) in [5.41, 5.74) is -0.495. The molecule has 0 spiro atoms. The Labute approximate surface area is 99.1 Å². The van der Waals surface area contributed by atoms with Crippen molar-refractivity contribution in [1.29, 1.82) is 0 Å². The van der Waals surface area contributed by atoms with Crippen molar-refractivity contribution in [2.24, 2.45) is 0 Å². The summed E-state index contributed by atoms with van der Waals surface area (Å²) in [6.45, 7) is 0. The average Bonchev–Trinajstić information content (AvgIpc) is 2.65. The molecule has 0 aliphatic heterocycles. The predicted molar refractivity (Wildman–Crippen MR) is 63.4 cm³/mol. The van der Waals surface area contributed by atoms with E-state index in [1.807, 2.05) is 12.1 Å². The molecule has 2 rings (SSSR count). The van der Waals surface area contributed by atoms with E-state index in [-0.39, 0.29) is 0 Å². The first-order chi connectivity index (χ1) is 7.20. The van der Waals surface area contributed by atoms with Crippen LogP contribution in [0, 0.1) is 0 Å². The summed E-state index contributed by atoms with van der Waals surface area (Å²) in [5.74, 6) is 0.698. The highest BCUT2D eigenvalue weighted by Gasteiger charge is 2.31. The van der Waals surface area contributed by atoms with Crippen molar-refractivity contribution in [1.82, 2.24) is 4.98 Å². The maximum absolute atomic E-state index is 10.2. The van der Waals surface area contributed by atoms with Crippen LogP contribution in [-0.4, -0.2) is 21.4 Å². The van der Waals surface area contributed by atoms with Gasteiger partial charge >= 0.3 is 0 Å². The van der Waals surface area contributed by atoms with Crippen molar-refractivity contribution in [3.05, 3.63) is 23.4 Å². The van der Waals surface area contributed by atoms with E-state index in [9.17, 15) is 5.11 Å².